The number of carbonyl (C=O) groups excluding carboxylic acids is 1. The van der Waals surface area contributed by atoms with Crippen molar-refractivity contribution < 1.29 is 9.18 Å². The maximum atomic E-state index is 13.1. The van der Waals surface area contributed by atoms with Gasteiger partial charge in [0.15, 0.2) is 0 Å². The summed E-state index contributed by atoms with van der Waals surface area (Å²) in [6.07, 6.45) is 1.60. The van der Waals surface area contributed by atoms with Crippen LogP contribution in [0, 0.1) is 5.82 Å². The average molecular weight is 368 g/mol. The molecule has 0 aliphatic carbocycles. The summed E-state index contributed by atoms with van der Waals surface area (Å²) in [4.78, 5) is 15.5. The van der Waals surface area contributed by atoms with E-state index in [-0.39, 0.29) is 23.8 Å². The first-order valence-corrected chi connectivity index (χ1v) is 9.10. The monoisotopic (exact) mass is 368 g/mol. The second kappa shape index (κ2) is 8.33. The van der Waals surface area contributed by atoms with E-state index in [1.807, 2.05) is 31.2 Å². The fraction of sp³-hybridized carbons (Fsp3) is 0.286. The van der Waals surface area contributed by atoms with E-state index in [0.29, 0.717) is 12.2 Å². The molecule has 1 aromatic heterocycles. The molecule has 0 aliphatic heterocycles. The van der Waals surface area contributed by atoms with Crippen LogP contribution in [-0.2, 0) is 0 Å². The van der Waals surface area contributed by atoms with Gasteiger partial charge in [0.25, 0.3) is 5.91 Å². The molecule has 142 valence electrons. The maximum Gasteiger partial charge on any atom is 0.267 e. The second-order valence-corrected chi connectivity index (χ2v) is 7.02. The van der Waals surface area contributed by atoms with Crippen molar-refractivity contribution in [3.05, 3.63) is 60.0 Å². The van der Waals surface area contributed by atoms with Crippen LogP contribution in [-0.4, -0.2) is 29.5 Å². The molecule has 0 fully saturated rings. The summed E-state index contributed by atoms with van der Waals surface area (Å²) in [5.41, 5.74) is 14.9. The summed E-state index contributed by atoms with van der Waals surface area (Å²) in [7, 11) is 0. The van der Waals surface area contributed by atoms with Gasteiger partial charge in [0.2, 0.25) is 0 Å². The van der Waals surface area contributed by atoms with Crippen LogP contribution in [0.25, 0.3) is 22.0 Å². The van der Waals surface area contributed by atoms with Gasteiger partial charge in [-0.3, -0.25) is 4.79 Å². The van der Waals surface area contributed by atoms with Crippen molar-refractivity contribution in [3.63, 3.8) is 0 Å². The normalized spacial score (nSPS) is 13.5. The van der Waals surface area contributed by atoms with E-state index in [2.05, 4.69) is 10.3 Å². The Hall–Kier alpha value is -2.70. The smallest absolute Gasteiger partial charge is 0.267 e. The van der Waals surface area contributed by atoms with Gasteiger partial charge in [-0.05, 0) is 55.2 Å². The molecule has 3 rings (SSSR count). The molecule has 0 bridgehead atoms. The fourth-order valence-corrected chi connectivity index (χ4v) is 2.97. The molecular weight excluding hydrogens is 343 g/mol. The number of aromatic amines is 1. The van der Waals surface area contributed by atoms with E-state index in [4.69, 9.17) is 11.5 Å². The van der Waals surface area contributed by atoms with E-state index >= 15 is 0 Å². The average Bonchev–Trinajstić information content (AvgIpc) is 3.08. The van der Waals surface area contributed by atoms with E-state index in [0.717, 1.165) is 34.9 Å². The zero-order chi connectivity index (χ0) is 19.4. The highest BCUT2D eigenvalue weighted by Gasteiger charge is 2.12. The van der Waals surface area contributed by atoms with Crippen LogP contribution in [0.15, 0.2) is 48.5 Å². The van der Waals surface area contributed by atoms with Crippen LogP contribution < -0.4 is 16.8 Å². The third-order valence-corrected chi connectivity index (χ3v) is 4.56. The lowest BCUT2D eigenvalue weighted by Gasteiger charge is -2.13. The summed E-state index contributed by atoms with van der Waals surface area (Å²) in [5.74, 6) is -0.455. The van der Waals surface area contributed by atoms with Crippen molar-refractivity contribution in [3.8, 4) is 11.1 Å². The lowest BCUT2D eigenvalue weighted by Crippen LogP contribution is -2.38. The molecule has 0 saturated heterocycles. The van der Waals surface area contributed by atoms with E-state index in [1.165, 1.54) is 12.1 Å². The molecule has 1 amide bonds. The Labute approximate surface area is 157 Å². The number of nitrogens with two attached hydrogens (primary N) is 2. The number of rotatable bonds is 7. The van der Waals surface area contributed by atoms with Gasteiger partial charge in [-0.25, -0.2) is 4.39 Å². The van der Waals surface area contributed by atoms with Crippen molar-refractivity contribution in [2.45, 2.75) is 31.8 Å². The van der Waals surface area contributed by atoms with Gasteiger partial charge in [-0.15, -0.1) is 0 Å². The van der Waals surface area contributed by atoms with Gasteiger partial charge in [-0.1, -0.05) is 24.3 Å². The predicted octanol–water partition coefficient (Wildman–Crippen LogP) is 3.16. The second-order valence-electron chi connectivity index (χ2n) is 7.02. The quantitative estimate of drug-likeness (QED) is 0.516. The first kappa shape index (κ1) is 19.1. The van der Waals surface area contributed by atoms with Crippen LogP contribution in [0.3, 0.4) is 0 Å². The molecule has 1 heterocycles. The van der Waals surface area contributed by atoms with Crippen molar-refractivity contribution >= 4 is 16.8 Å². The summed E-state index contributed by atoms with van der Waals surface area (Å²) in [6, 6.07) is 14.0. The minimum absolute atomic E-state index is 0.107. The van der Waals surface area contributed by atoms with E-state index < -0.39 is 0 Å². The molecule has 0 saturated carbocycles. The van der Waals surface area contributed by atoms with Crippen LogP contribution in [0.5, 0.6) is 0 Å². The number of fused-ring (bicyclic) bond motifs is 1. The highest BCUT2D eigenvalue weighted by molar-refractivity contribution is 5.98. The molecule has 6 heteroatoms. The zero-order valence-electron chi connectivity index (χ0n) is 15.3. The van der Waals surface area contributed by atoms with Gasteiger partial charge < -0.3 is 21.8 Å². The lowest BCUT2D eigenvalue weighted by atomic mass is 10.0. The maximum absolute atomic E-state index is 13.1. The van der Waals surface area contributed by atoms with Gasteiger partial charge in [0, 0.05) is 29.5 Å². The molecule has 2 aromatic carbocycles. The molecule has 0 spiro atoms. The fourth-order valence-electron chi connectivity index (χ4n) is 2.97. The van der Waals surface area contributed by atoms with E-state index in [9.17, 15) is 9.18 Å². The van der Waals surface area contributed by atoms with Crippen molar-refractivity contribution in [1.82, 2.24) is 10.3 Å². The minimum Gasteiger partial charge on any atom is -0.351 e. The summed E-state index contributed by atoms with van der Waals surface area (Å²) < 4.78 is 13.1. The van der Waals surface area contributed by atoms with Gasteiger partial charge in [0.1, 0.15) is 11.5 Å². The highest BCUT2D eigenvalue weighted by Crippen LogP contribution is 2.25. The number of hydrogen-bond acceptors (Lipinski definition) is 3. The number of aromatic nitrogens is 1. The lowest BCUT2D eigenvalue weighted by molar-refractivity contribution is 0.0946. The summed E-state index contributed by atoms with van der Waals surface area (Å²) in [6.45, 7) is 2.34. The Morgan fingerprint density at radius 2 is 1.78 bits per heavy atom. The molecule has 3 aromatic rings. The molecule has 2 atom stereocenters. The Morgan fingerprint density at radius 1 is 1.07 bits per heavy atom. The van der Waals surface area contributed by atoms with Crippen molar-refractivity contribution in [2.24, 2.45) is 11.5 Å². The molecule has 27 heavy (non-hydrogen) atoms. The number of amides is 1. The Kier molecular flexibility index (Phi) is 5.88. The number of hydrogen-bond donors (Lipinski definition) is 4. The first-order valence-electron chi connectivity index (χ1n) is 9.10. The SMILES string of the molecule is CC(N)CC[C@H](N)CNC(=O)c1cc2ccc(-c3ccc(F)cc3)cc2[nH]1. The van der Waals surface area contributed by atoms with Crippen LogP contribution >= 0.6 is 0 Å². The molecule has 0 radical (unpaired) electrons. The van der Waals surface area contributed by atoms with Crippen molar-refractivity contribution in [1.29, 1.82) is 0 Å². The van der Waals surface area contributed by atoms with Crippen molar-refractivity contribution in [2.75, 3.05) is 6.54 Å². The number of H-pyrrole nitrogens is 1. The summed E-state index contributed by atoms with van der Waals surface area (Å²) in [5, 5.41) is 3.80. The number of nitrogens with one attached hydrogen (secondary N) is 2. The Balaban J connectivity index is 1.69. The van der Waals surface area contributed by atoms with Crippen LogP contribution in [0.1, 0.15) is 30.3 Å². The summed E-state index contributed by atoms with van der Waals surface area (Å²) >= 11 is 0. The largest absolute Gasteiger partial charge is 0.351 e. The third kappa shape index (κ3) is 4.93. The molecular formula is C21H25FN4O. The Morgan fingerprint density at radius 3 is 2.48 bits per heavy atom. The molecule has 5 nitrogen and oxygen atoms in total. The zero-order valence-corrected chi connectivity index (χ0v) is 15.3. The van der Waals surface area contributed by atoms with Gasteiger partial charge >= 0.3 is 0 Å². The number of halogens is 1. The molecule has 6 N–H and O–H groups in total. The van der Waals surface area contributed by atoms with Crippen LogP contribution in [0.2, 0.25) is 0 Å². The van der Waals surface area contributed by atoms with Crippen LogP contribution in [0.4, 0.5) is 4.39 Å². The Bertz CT molecular complexity index is 918. The predicted molar refractivity (Wildman–Crippen MR) is 107 cm³/mol. The van der Waals surface area contributed by atoms with Gasteiger partial charge in [-0.2, -0.15) is 0 Å². The number of carbonyl (C=O) groups is 1. The molecule has 1 unspecified atom stereocenters. The first-order chi connectivity index (χ1) is 12.9. The standard InChI is InChI=1S/C21H25FN4O/c1-13(23)2-9-18(24)12-25-21(27)20-11-16-4-3-15(10-19(16)26-20)14-5-7-17(22)8-6-14/h3-8,10-11,13,18,26H,2,9,12,23-24H2,1H3,(H,25,27)/t13?,18-/m0/s1. The minimum atomic E-state index is -0.266. The number of benzene rings is 2. The third-order valence-electron chi connectivity index (χ3n) is 4.56. The topological polar surface area (TPSA) is 96.9 Å². The molecule has 0 aliphatic rings. The highest BCUT2D eigenvalue weighted by atomic mass is 19.1. The van der Waals surface area contributed by atoms with E-state index in [1.54, 1.807) is 12.1 Å². The van der Waals surface area contributed by atoms with Gasteiger partial charge in [0.05, 0.1) is 0 Å².